The first-order chi connectivity index (χ1) is 9.00. The van der Waals surface area contributed by atoms with Gasteiger partial charge in [0, 0.05) is 19.1 Å². The summed E-state index contributed by atoms with van der Waals surface area (Å²) < 4.78 is 5.30. The van der Waals surface area contributed by atoms with Crippen molar-refractivity contribution in [1.82, 2.24) is 15.5 Å². The average Bonchev–Trinajstić information content (AvgIpc) is 2.65. The van der Waals surface area contributed by atoms with E-state index in [0.717, 1.165) is 0 Å². The molecule has 0 aromatic rings. The Kier molecular flexibility index (Phi) is 4.16. The minimum absolute atomic E-state index is 0.0307. The van der Waals surface area contributed by atoms with Gasteiger partial charge in [0.1, 0.15) is 12.1 Å². The number of hydrogen-bond donors (Lipinski definition) is 2. The molecule has 0 bridgehead atoms. The highest BCUT2D eigenvalue weighted by molar-refractivity contribution is 6.07. The second kappa shape index (κ2) is 5.66. The van der Waals surface area contributed by atoms with E-state index in [0.29, 0.717) is 19.7 Å². The SMILES string of the molecule is CC(C)N1C(=O)CC(NC(=O)C2CNCCO2)C1=O. The minimum Gasteiger partial charge on any atom is -0.366 e. The quantitative estimate of drug-likeness (QED) is 0.617. The first-order valence-electron chi connectivity index (χ1n) is 6.49. The average molecular weight is 269 g/mol. The van der Waals surface area contributed by atoms with Gasteiger partial charge in [-0.3, -0.25) is 19.3 Å². The van der Waals surface area contributed by atoms with E-state index in [4.69, 9.17) is 4.74 Å². The lowest BCUT2D eigenvalue weighted by molar-refractivity contribution is -0.143. The standard InChI is InChI=1S/C12H19N3O4/c1-7(2)15-10(16)5-8(12(15)18)14-11(17)9-6-13-3-4-19-9/h7-9,13H,3-6H2,1-2H3,(H,14,17). The number of hydrogen-bond acceptors (Lipinski definition) is 5. The highest BCUT2D eigenvalue weighted by Crippen LogP contribution is 2.16. The van der Waals surface area contributed by atoms with Crippen molar-refractivity contribution in [3.63, 3.8) is 0 Å². The van der Waals surface area contributed by atoms with Crippen molar-refractivity contribution in [2.75, 3.05) is 19.7 Å². The smallest absolute Gasteiger partial charge is 0.252 e. The fraction of sp³-hybridized carbons (Fsp3) is 0.750. The summed E-state index contributed by atoms with van der Waals surface area (Å²) in [6.07, 6.45) is -0.562. The molecule has 2 atom stereocenters. The molecule has 2 N–H and O–H groups in total. The maximum Gasteiger partial charge on any atom is 0.252 e. The molecular weight excluding hydrogens is 250 g/mol. The second-order valence-electron chi connectivity index (χ2n) is 5.02. The molecule has 7 nitrogen and oxygen atoms in total. The third-order valence-electron chi connectivity index (χ3n) is 3.24. The van der Waals surface area contributed by atoms with Gasteiger partial charge in [-0.2, -0.15) is 0 Å². The normalized spacial score (nSPS) is 28.1. The van der Waals surface area contributed by atoms with E-state index < -0.39 is 12.1 Å². The first kappa shape index (κ1) is 14.0. The van der Waals surface area contributed by atoms with Gasteiger partial charge in [0.2, 0.25) is 5.91 Å². The van der Waals surface area contributed by atoms with Crippen molar-refractivity contribution in [2.45, 2.75) is 38.5 Å². The number of rotatable bonds is 3. The maximum atomic E-state index is 12.0. The number of carbonyl (C=O) groups is 3. The molecule has 19 heavy (non-hydrogen) atoms. The van der Waals surface area contributed by atoms with Crippen LogP contribution in [-0.4, -0.2) is 60.5 Å². The van der Waals surface area contributed by atoms with Crippen molar-refractivity contribution < 1.29 is 19.1 Å². The molecule has 0 spiro atoms. The number of carbonyl (C=O) groups excluding carboxylic acids is 3. The van der Waals surface area contributed by atoms with Gasteiger partial charge in [0.15, 0.2) is 0 Å². The molecule has 2 aliphatic heterocycles. The number of likely N-dealkylation sites (tertiary alicyclic amines) is 1. The van der Waals surface area contributed by atoms with Crippen LogP contribution < -0.4 is 10.6 Å². The lowest BCUT2D eigenvalue weighted by Gasteiger charge is -2.24. The van der Waals surface area contributed by atoms with Gasteiger partial charge in [0.25, 0.3) is 11.8 Å². The van der Waals surface area contributed by atoms with Crippen LogP contribution in [0.5, 0.6) is 0 Å². The van der Waals surface area contributed by atoms with Crippen LogP contribution in [0.3, 0.4) is 0 Å². The topological polar surface area (TPSA) is 87.7 Å². The number of ether oxygens (including phenoxy) is 1. The molecule has 0 aliphatic carbocycles. The number of nitrogens with zero attached hydrogens (tertiary/aromatic N) is 1. The summed E-state index contributed by atoms with van der Waals surface area (Å²) in [5, 5.41) is 5.64. The van der Waals surface area contributed by atoms with Gasteiger partial charge in [-0.1, -0.05) is 0 Å². The van der Waals surface area contributed by atoms with Gasteiger partial charge in [-0.25, -0.2) is 0 Å². The third-order valence-corrected chi connectivity index (χ3v) is 3.24. The number of morpholine rings is 1. The molecule has 0 aromatic carbocycles. The summed E-state index contributed by atoms with van der Waals surface area (Å²) in [4.78, 5) is 36.8. The van der Waals surface area contributed by atoms with Crippen LogP contribution in [0.2, 0.25) is 0 Å². The fourth-order valence-corrected chi connectivity index (χ4v) is 2.30. The molecule has 0 aromatic heterocycles. The van der Waals surface area contributed by atoms with Crippen LogP contribution in [0.1, 0.15) is 20.3 Å². The Bertz CT molecular complexity index is 390. The molecule has 2 unspecified atom stereocenters. The molecule has 106 valence electrons. The number of imide groups is 1. The molecule has 2 aliphatic rings. The predicted octanol–water partition coefficient (Wildman–Crippen LogP) is -1.37. The summed E-state index contributed by atoms with van der Waals surface area (Å²) in [5.74, 6) is -0.922. The Morgan fingerprint density at radius 1 is 1.47 bits per heavy atom. The first-order valence-corrected chi connectivity index (χ1v) is 6.49. The molecule has 2 saturated heterocycles. The summed E-state index contributed by atoms with van der Waals surface area (Å²) in [7, 11) is 0. The molecule has 2 rings (SSSR count). The van der Waals surface area contributed by atoms with Gasteiger partial charge >= 0.3 is 0 Å². The van der Waals surface area contributed by atoms with Crippen LogP contribution in [0.4, 0.5) is 0 Å². The van der Waals surface area contributed by atoms with E-state index in [1.54, 1.807) is 13.8 Å². The Morgan fingerprint density at radius 3 is 2.74 bits per heavy atom. The Balaban J connectivity index is 1.94. The monoisotopic (exact) mass is 269 g/mol. The van der Waals surface area contributed by atoms with Crippen LogP contribution in [0, 0.1) is 0 Å². The lowest BCUT2D eigenvalue weighted by Crippen LogP contribution is -2.52. The highest BCUT2D eigenvalue weighted by Gasteiger charge is 2.41. The Labute approximate surface area is 111 Å². The molecular formula is C12H19N3O4. The fourth-order valence-electron chi connectivity index (χ4n) is 2.30. The van der Waals surface area contributed by atoms with Gasteiger partial charge in [-0.15, -0.1) is 0 Å². The van der Waals surface area contributed by atoms with E-state index in [9.17, 15) is 14.4 Å². The van der Waals surface area contributed by atoms with E-state index in [1.807, 2.05) is 0 Å². The molecule has 2 fully saturated rings. The zero-order chi connectivity index (χ0) is 14.0. The van der Waals surface area contributed by atoms with Crippen molar-refractivity contribution in [3.8, 4) is 0 Å². The van der Waals surface area contributed by atoms with Gasteiger partial charge < -0.3 is 15.4 Å². The lowest BCUT2D eigenvalue weighted by atomic mass is 10.2. The van der Waals surface area contributed by atoms with Gasteiger partial charge in [-0.05, 0) is 13.8 Å². The zero-order valence-corrected chi connectivity index (χ0v) is 11.1. The highest BCUT2D eigenvalue weighted by atomic mass is 16.5. The molecule has 3 amide bonds. The van der Waals surface area contributed by atoms with E-state index in [-0.39, 0.29) is 30.2 Å². The molecule has 7 heteroatoms. The molecule has 0 radical (unpaired) electrons. The molecule has 2 heterocycles. The van der Waals surface area contributed by atoms with Crippen LogP contribution >= 0.6 is 0 Å². The minimum atomic E-state index is -0.757. The Morgan fingerprint density at radius 2 is 2.21 bits per heavy atom. The number of nitrogens with one attached hydrogen (secondary N) is 2. The van der Waals surface area contributed by atoms with Crippen molar-refractivity contribution in [1.29, 1.82) is 0 Å². The third kappa shape index (κ3) is 2.93. The summed E-state index contributed by atoms with van der Waals surface area (Å²) >= 11 is 0. The maximum absolute atomic E-state index is 12.0. The predicted molar refractivity (Wildman–Crippen MR) is 66.1 cm³/mol. The van der Waals surface area contributed by atoms with Crippen molar-refractivity contribution >= 4 is 17.7 Å². The van der Waals surface area contributed by atoms with E-state index in [2.05, 4.69) is 10.6 Å². The van der Waals surface area contributed by atoms with E-state index in [1.165, 1.54) is 4.90 Å². The Hall–Kier alpha value is -1.47. The largest absolute Gasteiger partial charge is 0.366 e. The second-order valence-corrected chi connectivity index (χ2v) is 5.02. The van der Waals surface area contributed by atoms with Crippen LogP contribution in [-0.2, 0) is 19.1 Å². The molecule has 0 saturated carbocycles. The van der Waals surface area contributed by atoms with Crippen LogP contribution in [0.25, 0.3) is 0 Å². The van der Waals surface area contributed by atoms with Crippen LogP contribution in [0.15, 0.2) is 0 Å². The van der Waals surface area contributed by atoms with Crippen molar-refractivity contribution in [2.24, 2.45) is 0 Å². The van der Waals surface area contributed by atoms with E-state index >= 15 is 0 Å². The van der Waals surface area contributed by atoms with Crippen molar-refractivity contribution in [3.05, 3.63) is 0 Å². The zero-order valence-electron chi connectivity index (χ0n) is 11.1. The summed E-state index contributed by atoms with van der Waals surface area (Å²) in [6.45, 7) is 5.15. The number of amides is 3. The summed E-state index contributed by atoms with van der Waals surface area (Å²) in [6, 6.07) is -0.942. The summed E-state index contributed by atoms with van der Waals surface area (Å²) in [5.41, 5.74) is 0. The van der Waals surface area contributed by atoms with Gasteiger partial charge in [0.05, 0.1) is 13.0 Å².